The van der Waals surface area contributed by atoms with Crippen LogP contribution in [0.5, 0.6) is 0 Å². The smallest absolute Gasteiger partial charge is 0.246 e. The summed E-state index contributed by atoms with van der Waals surface area (Å²) in [5.74, 6) is 0.242. The molecule has 0 bridgehead atoms. The van der Waals surface area contributed by atoms with Gasteiger partial charge in [-0.15, -0.1) is 0 Å². The molecule has 1 fully saturated rings. The zero-order valence-corrected chi connectivity index (χ0v) is 14.1. The molecule has 3 heterocycles. The van der Waals surface area contributed by atoms with Crippen molar-refractivity contribution >= 4 is 5.91 Å². The number of likely N-dealkylation sites (N-methyl/N-ethyl adjacent to an activating group) is 1. The number of rotatable bonds is 2. The number of hydrogen-bond donors (Lipinski definition) is 0. The third kappa shape index (κ3) is 2.65. The average Bonchev–Trinajstić information content (AvgIpc) is 2.88. The van der Waals surface area contributed by atoms with Crippen molar-refractivity contribution < 1.29 is 4.79 Å². The molecule has 1 amide bonds. The lowest BCUT2D eigenvalue weighted by atomic mass is 9.99. The summed E-state index contributed by atoms with van der Waals surface area (Å²) in [7, 11) is 4.11. The van der Waals surface area contributed by atoms with Crippen LogP contribution in [0.1, 0.15) is 31.3 Å². The van der Waals surface area contributed by atoms with Gasteiger partial charge in [-0.05, 0) is 20.9 Å². The molecule has 3 rings (SSSR count). The van der Waals surface area contributed by atoms with Crippen molar-refractivity contribution in [1.29, 1.82) is 0 Å². The van der Waals surface area contributed by atoms with E-state index in [0.717, 1.165) is 50.5 Å². The Bertz CT molecular complexity index is 545. The van der Waals surface area contributed by atoms with E-state index in [-0.39, 0.29) is 11.9 Å². The van der Waals surface area contributed by atoms with E-state index in [1.807, 2.05) is 22.8 Å². The third-order valence-electron chi connectivity index (χ3n) is 4.97. The Morgan fingerprint density at radius 1 is 1.18 bits per heavy atom. The van der Waals surface area contributed by atoms with Crippen molar-refractivity contribution in [2.45, 2.75) is 32.4 Å². The van der Waals surface area contributed by atoms with Gasteiger partial charge in [0.1, 0.15) is 6.04 Å². The Morgan fingerprint density at radius 2 is 1.86 bits per heavy atom. The van der Waals surface area contributed by atoms with E-state index >= 15 is 0 Å². The number of piperazine rings is 1. The molecule has 2 aliphatic rings. The van der Waals surface area contributed by atoms with Crippen molar-refractivity contribution in [1.82, 2.24) is 24.3 Å². The number of carbonyl (C=O) groups excluding carboxylic acids is 1. The van der Waals surface area contributed by atoms with Gasteiger partial charge in [-0.25, -0.2) is 4.98 Å². The van der Waals surface area contributed by atoms with Gasteiger partial charge in [0.15, 0.2) is 0 Å². The summed E-state index contributed by atoms with van der Waals surface area (Å²) in [6, 6.07) is 0.170. The molecule has 1 aromatic heterocycles. The molecular formula is C16H27N5O. The lowest BCUT2D eigenvalue weighted by molar-refractivity contribution is -0.140. The van der Waals surface area contributed by atoms with Crippen LogP contribution < -0.4 is 0 Å². The number of fused-ring (bicyclic) bond motifs is 1. The molecule has 0 spiro atoms. The summed E-state index contributed by atoms with van der Waals surface area (Å²) in [6.07, 6.45) is 2.78. The van der Waals surface area contributed by atoms with Crippen LogP contribution in [0, 0.1) is 0 Å². The summed E-state index contributed by atoms with van der Waals surface area (Å²) in [5, 5.41) is 0. The number of hydrogen-bond acceptors (Lipinski definition) is 4. The first-order valence-corrected chi connectivity index (χ1v) is 8.22. The molecule has 122 valence electrons. The van der Waals surface area contributed by atoms with Gasteiger partial charge in [0, 0.05) is 52.2 Å². The van der Waals surface area contributed by atoms with Crippen molar-refractivity contribution in [3.8, 4) is 0 Å². The van der Waals surface area contributed by atoms with Gasteiger partial charge in [-0.2, -0.15) is 0 Å². The predicted octanol–water partition coefficient (Wildman–Crippen LogP) is 0.502. The molecule has 6 heteroatoms. The fraction of sp³-hybridized carbons (Fsp3) is 0.750. The lowest BCUT2D eigenvalue weighted by Gasteiger charge is -2.41. The summed E-state index contributed by atoms with van der Waals surface area (Å²) in [6.45, 7) is 8.82. The minimum absolute atomic E-state index is 0.181. The Kier molecular flexibility index (Phi) is 4.23. The quantitative estimate of drug-likeness (QED) is 0.798. The average molecular weight is 305 g/mol. The maximum absolute atomic E-state index is 13.2. The van der Waals surface area contributed by atoms with E-state index in [1.165, 1.54) is 0 Å². The fourth-order valence-corrected chi connectivity index (χ4v) is 3.57. The van der Waals surface area contributed by atoms with E-state index in [2.05, 4.69) is 35.7 Å². The molecule has 2 aliphatic heterocycles. The molecule has 0 radical (unpaired) electrons. The van der Waals surface area contributed by atoms with Gasteiger partial charge >= 0.3 is 0 Å². The number of carbonyl (C=O) groups is 1. The maximum atomic E-state index is 13.2. The molecular weight excluding hydrogens is 278 g/mol. The molecule has 1 saturated heterocycles. The number of aryl methyl sites for hydroxylation is 1. The first kappa shape index (κ1) is 15.5. The largest absolute Gasteiger partial charge is 0.338 e. The summed E-state index contributed by atoms with van der Waals surface area (Å²) < 4.78 is 2.03. The summed E-state index contributed by atoms with van der Waals surface area (Å²) in [4.78, 5) is 24.3. The van der Waals surface area contributed by atoms with Crippen LogP contribution in [-0.4, -0.2) is 76.0 Å². The van der Waals surface area contributed by atoms with Crippen molar-refractivity contribution in [3.05, 3.63) is 17.7 Å². The monoisotopic (exact) mass is 305 g/mol. The highest BCUT2D eigenvalue weighted by atomic mass is 16.2. The first-order valence-electron chi connectivity index (χ1n) is 8.22. The van der Waals surface area contributed by atoms with E-state index in [4.69, 9.17) is 0 Å². The minimum Gasteiger partial charge on any atom is -0.338 e. The second-order valence-corrected chi connectivity index (χ2v) is 6.80. The Hall–Kier alpha value is -1.40. The highest BCUT2D eigenvalue weighted by molar-refractivity contribution is 5.83. The summed E-state index contributed by atoms with van der Waals surface area (Å²) >= 11 is 0. The molecule has 1 unspecified atom stereocenters. The van der Waals surface area contributed by atoms with Crippen LogP contribution in [0.25, 0.3) is 0 Å². The normalized spacial score (nSPS) is 23.9. The predicted molar refractivity (Wildman–Crippen MR) is 85.6 cm³/mol. The number of aromatic nitrogens is 2. The van der Waals surface area contributed by atoms with Crippen LogP contribution in [0.2, 0.25) is 0 Å². The van der Waals surface area contributed by atoms with E-state index in [0.29, 0.717) is 6.04 Å². The van der Waals surface area contributed by atoms with Gasteiger partial charge in [0.25, 0.3) is 0 Å². The lowest BCUT2D eigenvalue weighted by Crippen LogP contribution is -2.53. The van der Waals surface area contributed by atoms with Crippen LogP contribution in [0.3, 0.4) is 0 Å². The molecule has 0 N–H and O–H groups in total. The number of imidazole rings is 1. The first-order chi connectivity index (χ1) is 10.5. The Morgan fingerprint density at radius 3 is 2.50 bits per heavy atom. The van der Waals surface area contributed by atoms with Crippen LogP contribution in [0.15, 0.2) is 6.33 Å². The van der Waals surface area contributed by atoms with E-state index in [1.54, 1.807) is 0 Å². The number of amides is 1. The van der Waals surface area contributed by atoms with Gasteiger partial charge in [0.2, 0.25) is 5.91 Å². The topological polar surface area (TPSA) is 44.6 Å². The van der Waals surface area contributed by atoms with Crippen molar-refractivity contribution in [3.63, 3.8) is 0 Å². The summed E-state index contributed by atoms with van der Waals surface area (Å²) in [5.41, 5.74) is 2.18. The van der Waals surface area contributed by atoms with Crippen LogP contribution in [-0.2, 0) is 18.3 Å². The molecule has 0 aromatic carbocycles. The molecule has 6 nitrogen and oxygen atoms in total. The van der Waals surface area contributed by atoms with Crippen LogP contribution >= 0.6 is 0 Å². The number of nitrogens with zero attached hydrogens (tertiary/aromatic N) is 5. The molecule has 22 heavy (non-hydrogen) atoms. The highest BCUT2D eigenvalue weighted by Gasteiger charge is 2.39. The molecule has 1 aromatic rings. The zero-order valence-electron chi connectivity index (χ0n) is 14.1. The van der Waals surface area contributed by atoms with Crippen LogP contribution in [0.4, 0.5) is 0 Å². The van der Waals surface area contributed by atoms with E-state index in [9.17, 15) is 4.79 Å². The molecule has 0 aliphatic carbocycles. The second kappa shape index (κ2) is 6.01. The Labute approximate surface area is 132 Å². The third-order valence-corrected chi connectivity index (χ3v) is 4.97. The van der Waals surface area contributed by atoms with Gasteiger partial charge in [-0.3, -0.25) is 9.69 Å². The van der Waals surface area contributed by atoms with Crippen molar-refractivity contribution in [2.75, 3.05) is 39.8 Å². The van der Waals surface area contributed by atoms with Gasteiger partial charge in [-0.1, -0.05) is 0 Å². The highest BCUT2D eigenvalue weighted by Crippen LogP contribution is 2.32. The second-order valence-electron chi connectivity index (χ2n) is 6.80. The SMILES string of the molecule is CC(C)N1CCc2ncn(C)c2C1C(=O)N1CCN(C)CC1. The molecule has 1 atom stereocenters. The maximum Gasteiger partial charge on any atom is 0.246 e. The standard InChI is InChI=1S/C16H27N5O/c1-12(2)21-6-5-13-14(19(4)11-17-13)15(21)16(22)20-9-7-18(3)8-10-20/h11-12,15H,5-10H2,1-4H3. The van der Waals surface area contributed by atoms with Crippen molar-refractivity contribution in [2.24, 2.45) is 7.05 Å². The molecule has 0 saturated carbocycles. The Balaban J connectivity index is 1.90. The minimum atomic E-state index is -0.181. The van der Waals surface area contributed by atoms with Gasteiger partial charge < -0.3 is 14.4 Å². The zero-order chi connectivity index (χ0) is 15.9. The fourth-order valence-electron chi connectivity index (χ4n) is 3.57. The van der Waals surface area contributed by atoms with Gasteiger partial charge in [0.05, 0.1) is 17.7 Å². The van der Waals surface area contributed by atoms with E-state index < -0.39 is 0 Å².